The van der Waals surface area contributed by atoms with Gasteiger partial charge in [-0.1, -0.05) is 54.1 Å². The molecule has 0 unspecified atom stereocenters. The molecule has 2 saturated heterocycles. The molecule has 2 aromatic carbocycles. The van der Waals surface area contributed by atoms with Crippen molar-refractivity contribution in [1.82, 2.24) is 9.80 Å². The zero-order valence-electron chi connectivity index (χ0n) is 14.3. The largest absolute Gasteiger partial charge is 0.342 e. The highest BCUT2D eigenvalue weighted by atomic mass is 35.5. The summed E-state index contributed by atoms with van der Waals surface area (Å²) in [5.41, 5.74) is 2.73. The highest BCUT2D eigenvalue weighted by molar-refractivity contribution is 6.30. The van der Waals surface area contributed by atoms with Gasteiger partial charge in [-0.25, -0.2) is 0 Å². The molecule has 3 nitrogen and oxygen atoms in total. The molecule has 2 aliphatic heterocycles. The molecule has 2 aromatic rings. The number of nitrogens with zero attached hydrogens (tertiary/aromatic N) is 2. The molecule has 0 N–H and O–H groups in total. The average Bonchev–Trinajstić information content (AvgIpc) is 3.03. The molecule has 0 radical (unpaired) electrons. The number of rotatable bonds is 4. The molecule has 4 heteroatoms. The van der Waals surface area contributed by atoms with Crippen molar-refractivity contribution in [3.05, 3.63) is 70.7 Å². The van der Waals surface area contributed by atoms with Crippen molar-refractivity contribution < 1.29 is 4.79 Å². The van der Waals surface area contributed by atoms with Gasteiger partial charge in [-0.2, -0.15) is 0 Å². The van der Waals surface area contributed by atoms with Crippen LogP contribution < -0.4 is 0 Å². The molecule has 0 aromatic heterocycles. The molecule has 4 rings (SSSR count). The normalized spacial score (nSPS) is 19.2. The van der Waals surface area contributed by atoms with Gasteiger partial charge in [0.25, 0.3) is 0 Å². The molecule has 1 spiro atoms. The smallest absolute Gasteiger partial charge is 0.227 e. The van der Waals surface area contributed by atoms with Crippen molar-refractivity contribution in [2.75, 3.05) is 26.2 Å². The summed E-state index contributed by atoms with van der Waals surface area (Å²) in [5, 5.41) is 0.712. The Morgan fingerprint density at radius 1 is 0.960 bits per heavy atom. The Hall–Kier alpha value is -1.84. The van der Waals surface area contributed by atoms with E-state index in [9.17, 15) is 4.79 Å². The van der Waals surface area contributed by atoms with E-state index in [1.807, 2.05) is 24.3 Å². The van der Waals surface area contributed by atoms with Crippen LogP contribution in [-0.2, 0) is 17.8 Å². The molecule has 0 saturated carbocycles. The summed E-state index contributed by atoms with van der Waals surface area (Å²) in [6.45, 7) is 5.02. The summed E-state index contributed by atoms with van der Waals surface area (Å²) in [7, 11) is 0. The van der Waals surface area contributed by atoms with Gasteiger partial charge in [0.1, 0.15) is 0 Å². The number of carbonyl (C=O) groups excluding carboxylic acids is 1. The first-order chi connectivity index (χ1) is 12.1. The van der Waals surface area contributed by atoms with Crippen molar-refractivity contribution in [1.29, 1.82) is 0 Å². The van der Waals surface area contributed by atoms with Gasteiger partial charge >= 0.3 is 0 Å². The summed E-state index contributed by atoms with van der Waals surface area (Å²) in [6, 6.07) is 18.2. The maximum Gasteiger partial charge on any atom is 0.227 e. The van der Waals surface area contributed by atoms with Gasteiger partial charge in [0.15, 0.2) is 0 Å². The summed E-state index contributed by atoms with van der Waals surface area (Å²) >= 11 is 5.91. The fraction of sp³-hybridized carbons (Fsp3) is 0.381. The van der Waals surface area contributed by atoms with Crippen LogP contribution in [-0.4, -0.2) is 41.9 Å². The van der Waals surface area contributed by atoms with E-state index in [1.54, 1.807) is 0 Å². The molecule has 2 heterocycles. The Kier molecular flexibility index (Phi) is 4.53. The molecule has 0 atom stereocenters. The van der Waals surface area contributed by atoms with E-state index in [4.69, 9.17) is 11.6 Å². The van der Waals surface area contributed by atoms with Crippen LogP contribution in [0.4, 0.5) is 0 Å². The Balaban J connectivity index is 1.28. The lowest BCUT2D eigenvalue weighted by Gasteiger charge is -2.48. The zero-order chi connectivity index (χ0) is 17.3. The molecule has 2 aliphatic rings. The highest BCUT2D eigenvalue weighted by Crippen LogP contribution is 2.40. The summed E-state index contributed by atoms with van der Waals surface area (Å²) in [5.74, 6) is 0.237. The van der Waals surface area contributed by atoms with Crippen LogP contribution >= 0.6 is 11.6 Å². The van der Waals surface area contributed by atoms with Crippen LogP contribution in [0.3, 0.4) is 0 Å². The Labute approximate surface area is 154 Å². The predicted octanol–water partition coefficient (Wildman–Crippen LogP) is 3.62. The first-order valence-corrected chi connectivity index (χ1v) is 9.28. The topological polar surface area (TPSA) is 23.6 Å². The molecular formula is C21H23ClN2O. The standard InChI is InChI=1S/C21H23ClN2O/c22-19-8-6-17(7-9-19)12-20(25)24-11-10-21(16-24)14-23(15-21)13-18-4-2-1-3-5-18/h1-9H,10-16H2. The quantitative estimate of drug-likeness (QED) is 0.837. The lowest BCUT2D eigenvalue weighted by atomic mass is 9.79. The van der Waals surface area contributed by atoms with Gasteiger partial charge in [-0.05, 0) is 29.7 Å². The van der Waals surface area contributed by atoms with Crippen LogP contribution in [0.2, 0.25) is 5.02 Å². The van der Waals surface area contributed by atoms with E-state index in [-0.39, 0.29) is 5.91 Å². The van der Waals surface area contributed by atoms with Gasteiger partial charge in [0.05, 0.1) is 6.42 Å². The Morgan fingerprint density at radius 3 is 2.40 bits per heavy atom. The third-order valence-corrected chi connectivity index (χ3v) is 5.68. The van der Waals surface area contributed by atoms with Crippen molar-refractivity contribution in [3.8, 4) is 0 Å². The first-order valence-electron chi connectivity index (χ1n) is 8.90. The summed E-state index contributed by atoms with van der Waals surface area (Å²) in [6.07, 6.45) is 1.60. The number of likely N-dealkylation sites (tertiary alicyclic amines) is 2. The van der Waals surface area contributed by atoms with Crippen LogP contribution in [0.5, 0.6) is 0 Å². The summed E-state index contributed by atoms with van der Waals surface area (Å²) in [4.78, 5) is 17.1. The number of amides is 1. The maximum absolute atomic E-state index is 12.6. The zero-order valence-corrected chi connectivity index (χ0v) is 15.1. The molecular weight excluding hydrogens is 332 g/mol. The lowest BCUT2D eigenvalue weighted by Crippen LogP contribution is -2.57. The number of hydrogen-bond donors (Lipinski definition) is 0. The van der Waals surface area contributed by atoms with Crippen LogP contribution in [0, 0.1) is 5.41 Å². The second-order valence-corrected chi connectivity index (χ2v) is 7.94. The van der Waals surface area contributed by atoms with Gasteiger partial charge < -0.3 is 4.90 Å². The molecule has 2 fully saturated rings. The number of benzene rings is 2. The van der Waals surface area contributed by atoms with Crippen LogP contribution in [0.1, 0.15) is 17.5 Å². The van der Waals surface area contributed by atoms with E-state index >= 15 is 0 Å². The molecule has 130 valence electrons. The second kappa shape index (κ2) is 6.81. The van der Waals surface area contributed by atoms with Crippen molar-refractivity contribution in [2.24, 2.45) is 5.41 Å². The van der Waals surface area contributed by atoms with E-state index < -0.39 is 0 Å². The third-order valence-electron chi connectivity index (χ3n) is 5.43. The predicted molar refractivity (Wildman–Crippen MR) is 101 cm³/mol. The van der Waals surface area contributed by atoms with Crippen LogP contribution in [0.25, 0.3) is 0 Å². The summed E-state index contributed by atoms with van der Waals surface area (Å²) < 4.78 is 0. The fourth-order valence-electron chi connectivity index (χ4n) is 4.15. The average molecular weight is 355 g/mol. The molecule has 0 aliphatic carbocycles. The van der Waals surface area contributed by atoms with Gasteiger partial charge in [0.2, 0.25) is 5.91 Å². The number of halogens is 1. The fourth-order valence-corrected chi connectivity index (χ4v) is 4.28. The minimum atomic E-state index is 0.237. The van der Waals surface area contributed by atoms with E-state index in [0.717, 1.165) is 44.7 Å². The molecule has 25 heavy (non-hydrogen) atoms. The first kappa shape index (κ1) is 16.6. The second-order valence-electron chi connectivity index (χ2n) is 7.50. The van der Waals surface area contributed by atoms with E-state index in [1.165, 1.54) is 5.56 Å². The number of carbonyl (C=O) groups is 1. The third kappa shape index (κ3) is 3.73. The van der Waals surface area contributed by atoms with Gasteiger partial charge in [-0.3, -0.25) is 9.69 Å². The minimum Gasteiger partial charge on any atom is -0.342 e. The highest BCUT2D eigenvalue weighted by Gasteiger charge is 2.48. The minimum absolute atomic E-state index is 0.237. The Bertz CT molecular complexity index is 738. The van der Waals surface area contributed by atoms with Crippen molar-refractivity contribution in [3.63, 3.8) is 0 Å². The Morgan fingerprint density at radius 2 is 1.68 bits per heavy atom. The van der Waals surface area contributed by atoms with Gasteiger partial charge in [-0.15, -0.1) is 0 Å². The van der Waals surface area contributed by atoms with Gasteiger partial charge in [0, 0.05) is 43.2 Å². The SMILES string of the molecule is O=C(Cc1ccc(Cl)cc1)N1CCC2(CN(Cc3ccccc3)C2)C1. The molecule has 1 amide bonds. The van der Waals surface area contributed by atoms with Crippen LogP contribution in [0.15, 0.2) is 54.6 Å². The van der Waals surface area contributed by atoms with E-state index in [2.05, 4.69) is 40.1 Å². The number of hydrogen-bond acceptors (Lipinski definition) is 2. The molecule has 0 bridgehead atoms. The monoisotopic (exact) mass is 354 g/mol. The van der Waals surface area contributed by atoms with E-state index in [0.29, 0.717) is 16.9 Å². The van der Waals surface area contributed by atoms with Crippen molar-refractivity contribution in [2.45, 2.75) is 19.4 Å². The maximum atomic E-state index is 12.6. The van der Waals surface area contributed by atoms with Crippen molar-refractivity contribution >= 4 is 17.5 Å². The lowest BCUT2D eigenvalue weighted by molar-refractivity contribution is -0.130.